The SMILES string of the molecule is [N-]=[N+]=NCCN(CC=N)CCOc1ccc(N)cc1. The number of nitrogens with two attached hydrogens (primary N) is 1. The van der Waals surface area contributed by atoms with E-state index in [1.165, 1.54) is 6.21 Å². The van der Waals surface area contributed by atoms with Gasteiger partial charge in [0, 0.05) is 43.0 Å². The molecule has 0 aliphatic rings. The minimum absolute atomic E-state index is 0.395. The van der Waals surface area contributed by atoms with Crippen molar-refractivity contribution < 1.29 is 4.74 Å². The van der Waals surface area contributed by atoms with Crippen molar-refractivity contribution in [2.45, 2.75) is 0 Å². The first kappa shape index (κ1) is 14.8. The summed E-state index contributed by atoms with van der Waals surface area (Å²) in [7, 11) is 0. The quantitative estimate of drug-likeness (QED) is 0.233. The summed E-state index contributed by atoms with van der Waals surface area (Å²) in [4.78, 5) is 4.69. The molecular formula is C12H18N6O. The fourth-order valence-electron chi connectivity index (χ4n) is 1.51. The molecule has 0 aromatic heterocycles. The van der Waals surface area contributed by atoms with E-state index in [2.05, 4.69) is 10.0 Å². The monoisotopic (exact) mass is 262 g/mol. The van der Waals surface area contributed by atoms with Crippen molar-refractivity contribution in [1.29, 1.82) is 5.41 Å². The van der Waals surface area contributed by atoms with Gasteiger partial charge in [-0.3, -0.25) is 4.90 Å². The molecule has 0 spiro atoms. The van der Waals surface area contributed by atoms with Gasteiger partial charge in [0.15, 0.2) is 0 Å². The molecular weight excluding hydrogens is 244 g/mol. The Hall–Kier alpha value is -2.24. The van der Waals surface area contributed by atoms with Crippen LogP contribution in [0.1, 0.15) is 0 Å². The Bertz CT molecular complexity index is 426. The number of anilines is 1. The first-order valence-corrected chi connectivity index (χ1v) is 5.96. The van der Waals surface area contributed by atoms with Gasteiger partial charge in [0.25, 0.3) is 0 Å². The number of hydrogen-bond acceptors (Lipinski definition) is 5. The maximum absolute atomic E-state index is 8.22. The van der Waals surface area contributed by atoms with Crippen molar-refractivity contribution in [3.63, 3.8) is 0 Å². The maximum Gasteiger partial charge on any atom is 0.119 e. The average molecular weight is 262 g/mol. The molecule has 19 heavy (non-hydrogen) atoms. The van der Waals surface area contributed by atoms with Gasteiger partial charge in [0.2, 0.25) is 0 Å². The van der Waals surface area contributed by atoms with Crippen molar-refractivity contribution in [2.75, 3.05) is 38.5 Å². The van der Waals surface area contributed by atoms with Crippen molar-refractivity contribution in [1.82, 2.24) is 4.90 Å². The predicted molar refractivity (Wildman–Crippen MR) is 75.6 cm³/mol. The molecule has 0 aliphatic carbocycles. The minimum Gasteiger partial charge on any atom is -0.492 e. The molecule has 0 saturated carbocycles. The number of azide groups is 1. The molecule has 0 heterocycles. The number of ether oxygens (including phenoxy) is 1. The summed E-state index contributed by atoms with van der Waals surface area (Å²) in [5.74, 6) is 0.763. The third-order valence-corrected chi connectivity index (χ3v) is 2.49. The molecule has 0 fully saturated rings. The average Bonchev–Trinajstić information content (AvgIpc) is 2.41. The second-order valence-corrected chi connectivity index (χ2v) is 3.88. The lowest BCUT2D eigenvalue weighted by Gasteiger charge is -2.19. The topological polar surface area (TPSA) is 111 Å². The molecule has 0 aliphatic heterocycles. The maximum atomic E-state index is 8.22. The Balaban J connectivity index is 2.32. The zero-order valence-corrected chi connectivity index (χ0v) is 10.7. The molecule has 0 atom stereocenters. The highest BCUT2D eigenvalue weighted by atomic mass is 16.5. The first-order valence-electron chi connectivity index (χ1n) is 5.96. The lowest BCUT2D eigenvalue weighted by molar-refractivity contribution is 0.231. The second-order valence-electron chi connectivity index (χ2n) is 3.88. The molecule has 0 radical (unpaired) electrons. The van der Waals surface area contributed by atoms with Gasteiger partial charge in [0.05, 0.1) is 0 Å². The number of nitrogen functional groups attached to an aromatic ring is 1. The number of nitrogens with one attached hydrogen (secondary N) is 1. The van der Waals surface area contributed by atoms with E-state index in [1.54, 1.807) is 12.1 Å². The van der Waals surface area contributed by atoms with Crippen LogP contribution < -0.4 is 10.5 Å². The van der Waals surface area contributed by atoms with Gasteiger partial charge in [-0.1, -0.05) is 5.11 Å². The zero-order valence-electron chi connectivity index (χ0n) is 10.7. The highest BCUT2D eigenvalue weighted by Crippen LogP contribution is 2.12. The lowest BCUT2D eigenvalue weighted by Crippen LogP contribution is -2.32. The van der Waals surface area contributed by atoms with Gasteiger partial charge in [0.1, 0.15) is 12.4 Å². The van der Waals surface area contributed by atoms with Crippen LogP contribution >= 0.6 is 0 Å². The van der Waals surface area contributed by atoms with Crippen molar-refractivity contribution in [3.8, 4) is 5.75 Å². The van der Waals surface area contributed by atoms with E-state index >= 15 is 0 Å². The summed E-state index contributed by atoms with van der Waals surface area (Å²) < 4.78 is 5.57. The molecule has 0 amide bonds. The summed E-state index contributed by atoms with van der Waals surface area (Å²) in [5.41, 5.74) is 14.5. The fourth-order valence-corrected chi connectivity index (χ4v) is 1.51. The summed E-state index contributed by atoms with van der Waals surface area (Å²) in [6.45, 7) is 2.71. The van der Waals surface area contributed by atoms with E-state index in [4.69, 9.17) is 21.4 Å². The Morgan fingerprint density at radius 3 is 2.74 bits per heavy atom. The molecule has 102 valence electrons. The van der Waals surface area contributed by atoms with Crippen LogP contribution in [0.3, 0.4) is 0 Å². The van der Waals surface area contributed by atoms with Crippen LogP contribution in [0.2, 0.25) is 0 Å². The van der Waals surface area contributed by atoms with Crippen molar-refractivity contribution in [3.05, 3.63) is 34.7 Å². The Labute approximate surface area is 112 Å². The fraction of sp³-hybridized carbons (Fsp3) is 0.417. The summed E-state index contributed by atoms with van der Waals surface area (Å²) >= 11 is 0. The summed E-state index contributed by atoms with van der Waals surface area (Å²) in [6.07, 6.45) is 1.32. The van der Waals surface area contributed by atoms with Gasteiger partial charge < -0.3 is 15.9 Å². The standard InChI is InChI=1S/C12H18N6O/c13-5-7-18(8-6-16-17-15)9-10-19-12-3-1-11(14)2-4-12/h1-5,13H,6-10,14H2. The lowest BCUT2D eigenvalue weighted by atomic mass is 10.3. The molecule has 0 unspecified atom stereocenters. The second kappa shape index (κ2) is 8.79. The van der Waals surface area contributed by atoms with Gasteiger partial charge in [-0.2, -0.15) is 0 Å². The number of rotatable bonds is 9. The van der Waals surface area contributed by atoms with Crippen LogP contribution in [-0.2, 0) is 0 Å². The van der Waals surface area contributed by atoms with E-state index in [9.17, 15) is 0 Å². The number of nitrogens with zero attached hydrogens (tertiary/aromatic N) is 4. The summed E-state index contributed by atoms with van der Waals surface area (Å²) in [5, 5.41) is 10.6. The zero-order chi connectivity index (χ0) is 13.9. The van der Waals surface area contributed by atoms with E-state index in [1.807, 2.05) is 17.0 Å². The Morgan fingerprint density at radius 2 is 2.11 bits per heavy atom. The highest BCUT2D eigenvalue weighted by molar-refractivity contribution is 5.55. The van der Waals surface area contributed by atoms with Crippen LogP contribution in [0, 0.1) is 5.41 Å². The van der Waals surface area contributed by atoms with E-state index in [-0.39, 0.29) is 0 Å². The van der Waals surface area contributed by atoms with Crippen LogP contribution in [-0.4, -0.2) is 43.9 Å². The third kappa shape index (κ3) is 6.30. The highest BCUT2D eigenvalue weighted by Gasteiger charge is 2.03. The Morgan fingerprint density at radius 1 is 1.37 bits per heavy atom. The molecule has 0 bridgehead atoms. The van der Waals surface area contributed by atoms with Crippen molar-refractivity contribution in [2.24, 2.45) is 5.11 Å². The van der Waals surface area contributed by atoms with E-state index < -0.39 is 0 Å². The molecule has 0 saturated heterocycles. The molecule has 1 rings (SSSR count). The van der Waals surface area contributed by atoms with Crippen molar-refractivity contribution >= 4 is 11.9 Å². The smallest absolute Gasteiger partial charge is 0.119 e. The molecule has 3 N–H and O–H groups in total. The van der Waals surface area contributed by atoms with Gasteiger partial charge in [-0.25, -0.2) is 0 Å². The normalized spacial score (nSPS) is 9.95. The van der Waals surface area contributed by atoms with Gasteiger partial charge in [-0.05, 0) is 29.8 Å². The number of hydrogen-bond donors (Lipinski definition) is 2. The molecule has 1 aromatic rings. The van der Waals surface area contributed by atoms with Gasteiger partial charge in [-0.15, -0.1) is 0 Å². The van der Waals surface area contributed by atoms with E-state index in [0.29, 0.717) is 38.5 Å². The molecule has 7 nitrogen and oxygen atoms in total. The van der Waals surface area contributed by atoms with Crippen LogP contribution in [0.25, 0.3) is 10.4 Å². The third-order valence-electron chi connectivity index (χ3n) is 2.49. The first-order chi connectivity index (χ1) is 9.26. The largest absolute Gasteiger partial charge is 0.492 e. The minimum atomic E-state index is 0.395. The predicted octanol–water partition coefficient (Wildman–Crippen LogP) is 1.91. The van der Waals surface area contributed by atoms with Crippen LogP contribution in [0.15, 0.2) is 29.4 Å². The van der Waals surface area contributed by atoms with Crippen LogP contribution in [0.5, 0.6) is 5.75 Å². The molecule has 1 aromatic carbocycles. The van der Waals surface area contributed by atoms with E-state index in [0.717, 1.165) is 5.75 Å². The van der Waals surface area contributed by atoms with Gasteiger partial charge >= 0.3 is 0 Å². The van der Waals surface area contributed by atoms with Crippen LogP contribution in [0.4, 0.5) is 5.69 Å². The Kier molecular flexibility index (Phi) is 6.86. The summed E-state index contributed by atoms with van der Waals surface area (Å²) in [6, 6.07) is 7.20. The molecule has 7 heteroatoms. The number of benzene rings is 1.